The van der Waals surface area contributed by atoms with Gasteiger partial charge in [0.2, 0.25) is 0 Å². The number of anilines is 1. The van der Waals surface area contributed by atoms with Crippen LogP contribution in [0, 0.1) is 24.7 Å². The van der Waals surface area contributed by atoms with Gasteiger partial charge < -0.3 is 10.6 Å². The van der Waals surface area contributed by atoms with Gasteiger partial charge in [0, 0.05) is 31.4 Å². The fourth-order valence-electron chi connectivity index (χ4n) is 4.10. The molecule has 0 radical (unpaired) electrons. The molecule has 0 aromatic carbocycles. The molecule has 2 aliphatic rings. The van der Waals surface area contributed by atoms with Crippen molar-refractivity contribution in [2.45, 2.75) is 39.2 Å². The van der Waals surface area contributed by atoms with Gasteiger partial charge in [-0.2, -0.15) is 0 Å². The van der Waals surface area contributed by atoms with E-state index in [0.29, 0.717) is 6.54 Å². The number of nitrogens with two attached hydrogens (primary N) is 1. The second kappa shape index (κ2) is 5.12. The molecule has 1 aromatic rings. The molecule has 19 heavy (non-hydrogen) atoms. The van der Waals surface area contributed by atoms with Gasteiger partial charge in [0.15, 0.2) is 0 Å². The Labute approximate surface area is 116 Å². The molecule has 2 bridgehead atoms. The fraction of sp³-hybridized carbons (Fsp3) is 0.688. The first kappa shape index (κ1) is 12.9. The number of nitrogens with zero attached hydrogens (tertiary/aromatic N) is 2. The van der Waals surface area contributed by atoms with Crippen LogP contribution in [0.25, 0.3) is 0 Å². The Bertz CT molecular complexity index is 457. The van der Waals surface area contributed by atoms with Crippen molar-refractivity contribution in [3.8, 4) is 0 Å². The Morgan fingerprint density at radius 3 is 2.79 bits per heavy atom. The van der Waals surface area contributed by atoms with Crippen molar-refractivity contribution in [2.24, 2.45) is 23.5 Å². The number of hydrogen-bond donors (Lipinski definition) is 1. The summed E-state index contributed by atoms with van der Waals surface area (Å²) in [5.41, 5.74) is 8.08. The predicted octanol–water partition coefficient (Wildman–Crippen LogP) is 2.72. The zero-order valence-electron chi connectivity index (χ0n) is 12.1. The molecule has 2 fully saturated rings. The van der Waals surface area contributed by atoms with E-state index in [4.69, 9.17) is 10.7 Å². The molecule has 3 heteroatoms. The number of aromatic nitrogens is 1. The zero-order valence-corrected chi connectivity index (χ0v) is 12.1. The van der Waals surface area contributed by atoms with Crippen LogP contribution in [-0.4, -0.2) is 18.6 Å². The topological polar surface area (TPSA) is 42.1 Å². The van der Waals surface area contributed by atoms with Crippen LogP contribution < -0.4 is 10.6 Å². The highest BCUT2D eigenvalue weighted by atomic mass is 15.2. The highest BCUT2D eigenvalue weighted by molar-refractivity contribution is 5.47. The molecule has 0 aliphatic heterocycles. The number of aryl methyl sites for hydroxylation is 1. The predicted molar refractivity (Wildman–Crippen MR) is 79.1 cm³/mol. The van der Waals surface area contributed by atoms with Gasteiger partial charge in [0.05, 0.1) is 0 Å². The van der Waals surface area contributed by atoms with Crippen LogP contribution in [0.3, 0.4) is 0 Å². The normalized spacial score (nSPS) is 28.9. The van der Waals surface area contributed by atoms with Crippen molar-refractivity contribution in [2.75, 3.05) is 18.5 Å². The van der Waals surface area contributed by atoms with Crippen LogP contribution in [0.2, 0.25) is 0 Å². The summed E-state index contributed by atoms with van der Waals surface area (Å²) in [6.45, 7) is 3.77. The van der Waals surface area contributed by atoms with Crippen molar-refractivity contribution < 1.29 is 0 Å². The first-order valence-electron chi connectivity index (χ1n) is 7.55. The molecule has 0 spiro atoms. The summed E-state index contributed by atoms with van der Waals surface area (Å²) >= 11 is 0. The quantitative estimate of drug-likeness (QED) is 0.904. The van der Waals surface area contributed by atoms with E-state index in [9.17, 15) is 0 Å². The number of rotatable bonds is 4. The summed E-state index contributed by atoms with van der Waals surface area (Å²) in [7, 11) is 2.17. The van der Waals surface area contributed by atoms with Gasteiger partial charge in [-0.3, -0.25) is 0 Å². The van der Waals surface area contributed by atoms with Gasteiger partial charge in [-0.1, -0.05) is 12.5 Å². The van der Waals surface area contributed by atoms with Crippen molar-refractivity contribution in [3.05, 3.63) is 23.4 Å². The number of hydrogen-bond acceptors (Lipinski definition) is 3. The molecule has 3 unspecified atom stereocenters. The van der Waals surface area contributed by atoms with E-state index in [0.717, 1.165) is 41.4 Å². The van der Waals surface area contributed by atoms with Gasteiger partial charge in [-0.05, 0) is 50.0 Å². The molecule has 3 atom stereocenters. The molecule has 104 valence electrons. The molecule has 0 saturated heterocycles. The summed E-state index contributed by atoms with van der Waals surface area (Å²) in [6, 6.07) is 4.17. The lowest BCUT2D eigenvalue weighted by atomic mass is 9.88. The van der Waals surface area contributed by atoms with Crippen LogP contribution >= 0.6 is 0 Å². The van der Waals surface area contributed by atoms with Crippen LogP contribution in [0.5, 0.6) is 0 Å². The molecule has 3 nitrogen and oxygen atoms in total. The summed E-state index contributed by atoms with van der Waals surface area (Å²) in [4.78, 5) is 7.03. The maximum Gasteiger partial charge on any atom is 0.133 e. The summed E-state index contributed by atoms with van der Waals surface area (Å²) < 4.78 is 0. The fourth-order valence-corrected chi connectivity index (χ4v) is 4.10. The van der Waals surface area contributed by atoms with Gasteiger partial charge in [-0.15, -0.1) is 0 Å². The highest BCUT2D eigenvalue weighted by Gasteiger charge is 2.39. The van der Waals surface area contributed by atoms with E-state index in [1.807, 2.05) is 0 Å². The van der Waals surface area contributed by atoms with E-state index in [-0.39, 0.29) is 0 Å². The molecule has 2 aliphatic carbocycles. The first-order valence-corrected chi connectivity index (χ1v) is 7.55. The molecule has 3 rings (SSSR count). The number of fused-ring (bicyclic) bond motifs is 2. The lowest BCUT2D eigenvalue weighted by Gasteiger charge is -2.29. The minimum atomic E-state index is 0.573. The van der Waals surface area contributed by atoms with E-state index >= 15 is 0 Å². The lowest BCUT2D eigenvalue weighted by Crippen LogP contribution is -2.30. The SMILES string of the molecule is Cc1ccc(CN)c(N(C)CC2CC3CCC2C3)n1. The largest absolute Gasteiger partial charge is 0.359 e. The van der Waals surface area contributed by atoms with Crippen molar-refractivity contribution in [1.82, 2.24) is 4.98 Å². The third-order valence-electron chi connectivity index (χ3n) is 5.07. The van der Waals surface area contributed by atoms with Crippen LogP contribution in [-0.2, 0) is 6.54 Å². The van der Waals surface area contributed by atoms with E-state index in [2.05, 4.69) is 31.0 Å². The average Bonchev–Trinajstić information content (AvgIpc) is 3.01. The number of pyridine rings is 1. The van der Waals surface area contributed by atoms with E-state index in [1.54, 1.807) is 0 Å². The lowest BCUT2D eigenvalue weighted by molar-refractivity contribution is 0.337. The van der Waals surface area contributed by atoms with Gasteiger partial charge >= 0.3 is 0 Å². The second-order valence-corrected chi connectivity index (χ2v) is 6.45. The Kier molecular flexibility index (Phi) is 3.48. The van der Waals surface area contributed by atoms with E-state index in [1.165, 1.54) is 25.7 Å². The van der Waals surface area contributed by atoms with Crippen LogP contribution in [0.1, 0.15) is 36.9 Å². The minimum absolute atomic E-state index is 0.573. The molecule has 1 heterocycles. The van der Waals surface area contributed by atoms with Gasteiger partial charge in [-0.25, -0.2) is 4.98 Å². The van der Waals surface area contributed by atoms with Crippen LogP contribution in [0.4, 0.5) is 5.82 Å². The molecule has 2 N–H and O–H groups in total. The molecular formula is C16H25N3. The standard InChI is InChI=1S/C16H25N3/c1-11-3-5-14(9-17)16(18-11)19(2)10-15-8-12-4-6-13(15)7-12/h3,5,12-13,15H,4,6-10,17H2,1-2H3. The monoisotopic (exact) mass is 259 g/mol. The Hall–Kier alpha value is -1.09. The summed E-state index contributed by atoms with van der Waals surface area (Å²) in [5.74, 6) is 3.95. The Morgan fingerprint density at radius 2 is 2.16 bits per heavy atom. The summed E-state index contributed by atoms with van der Waals surface area (Å²) in [5, 5.41) is 0. The average molecular weight is 259 g/mol. The Balaban J connectivity index is 1.73. The zero-order chi connectivity index (χ0) is 13.4. The van der Waals surface area contributed by atoms with Crippen molar-refractivity contribution >= 4 is 5.82 Å². The molecule has 1 aromatic heterocycles. The molecule has 0 amide bonds. The maximum atomic E-state index is 5.84. The molecular weight excluding hydrogens is 234 g/mol. The van der Waals surface area contributed by atoms with Gasteiger partial charge in [0.25, 0.3) is 0 Å². The first-order chi connectivity index (χ1) is 9.17. The second-order valence-electron chi connectivity index (χ2n) is 6.45. The third kappa shape index (κ3) is 2.48. The highest BCUT2D eigenvalue weighted by Crippen LogP contribution is 2.48. The molecule has 2 saturated carbocycles. The third-order valence-corrected chi connectivity index (χ3v) is 5.07. The minimum Gasteiger partial charge on any atom is -0.359 e. The van der Waals surface area contributed by atoms with Crippen molar-refractivity contribution in [3.63, 3.8) is 0 Å². The Morgan fingerprint density at radius 1 is 1.32 bits per heavy atom. The van der Waals surface area contributed by atoms with E-state index < -0.39 is 0 Å². The van der Waals surface area contributed by atoms with Gasteiger partial charge in [0.1, 0.15) is 5.82 Å². The maximum absolute atomic E-state index is 5.84. The van der Waals surface area contributed by atoms with Crippen LogP contribution in [0.15, 0.2) is 12.1 Å². The summed E-state index contributed by atoms with van der Waals surface area (Å²) in [6.07, 6.45) is 5.83. The van der Waals surface area contributed by atoms with Crippen molar-refractivity contribution in [1.29, 1.82) is 0 Å². The smallest absolute Gasteiger partial charge is 0.133 e.